The maximum atomic E-state index is 5.72. The van der Waals surface area contributed by atoms with Crippen LogP contribution in [0.3, 0.4) is 0 Å². The van der Waals surface area contributed by atoms with Crippen LogP contribution in [-0.2, 0) is 0 Å². The van der Waals surface area contributed by atoms with Crippen LogP contribution in [0, 0.1) is 0 Å². The van der Waals surface area contributed by atoms with Crippen molar-refractivity contribution >= 4 is 27.5 Å². The monoisotopic (exact) mass is 328 g/mol. The summed E-state index contributed by atoms with van der Waals surface area (Å²) < 4.78 is 11.3. The molecule has 0 aliphatic carbocycles. The van der Waals surface area contributed by atoms with Gasteiger partial charge in [0.15, 0.2) is 5.15 Å². The molecular weight excluding hydrogens is 320 g/mol. The first-order valence-electron chi connectivity index (χ1n) is 5.07. The number of rotatable bonds is 3. The minimum Gasteiger partial charge on any atom is -0.495 e. The fourth-order valence-corrected chi connectivity index (χ4v) is 2.33. The van der Waals surface area contributed by atoms with Crippen molar-refractivity contribution in [1.82, 2.24) is 10.2 Å². The molecule has 0 atom stereocenters. The molecule has 94 valence electrons. The van der Waals surface area contributed by atoms with Crippen LogP contribution in [0.1, 0.15) is 0 Å². The minimum atomic E-state index is 0.352. The molecule has 0 aliphatic heterocycles. The second-order valence-corrected chi connectivity index (χ2v) is 4.58. The Kier molecular flexibility index (Phi) is 4.04. The van der Waals surface area contributed by atoms with Gasteiger partial charge in [0.2, 0.25) is 0 Å². The second kappa shape index (κ2) is 5.54. The number of nitrogens with zero attached hydrogens (tertiary/aromatic N) is 2. The van der Waals surface area contributed by atoms with Crippen LogP contribution >= 0.6 is 27.5 Å². The molecule has 1 aromatic carbocycles. The highest BCUT2D eigenvalue weighted by atomic mass is 79.9. The molecule has 18 heavy (non-hydrogen) atoms. The lowest BCUT2D eigenvalue weighted by Crippen LogP contribution is -1.95. The number of benzene rings is 1. The van der Waals surface area contributed by atoms with E-state index in [-0.39, 0.29) is 0 Å². The normalized spacial score (nSPS) is 10.2. The summed E-state index contributed by atoms with van der Waals surface area (Å²) in [6.45, 7) is 0. The average molecular weight is 330 g/mol. The molecule has 0 aliphatic rings. The molecule has 0 N–H and O–H groups in total. The third-order valence-corrected chi connectivity index (χ3v) is 3.35. The first-order chi connectivity index (χ1) is 8.67. The van der Waals surface area contributed by atoms with Crippen LogP contribution in [0.25, 0.3) is 11.3 Å². The lowest BCUT2D eigenvalue weighted by Gasteiger charge is -2.12. The van der Waals surface area contributed by atoms with Crippen LogP contribution in [0.5, 0.6) is 11.5 Å². The summed E-state index contributed by atoms with van der Waals surface area (Å²) in [5.74, 6) is 1.34. The van der Waals surface area contributed by atoms with Crippen molar-refractivity contribution in [1.29, 1.82) is 0 Å². The number of hydrogen-bond donors (Lipinski definition) is 0. The Morgan fingerprint density at radius 3 is 2.39 bits per heavy atom. The van der Waals surface area contributed by atoms with Crippen LogP contribution in [-0.4, -0.2) is 24.4 Å². The van der Waals surface area contributed by atoms with Crippen LogP contribution in [0.15, 0.2) is 28.7 Å². The summed E-state index contributed by atoms with van der Waals surface area (Å²) in [5.41, 5.74) is 1.49. The molecule has 2 aromatic rings. The van der Waals surface area contributed by atoms with Gasteiger partial charge in [0.25, 0.3) is 0 Å². The largest absolute Gasteiger partial charge is 0.495 e. The SMILES string of the molecule is COc1ccc(-c2ccc(Cl)nn2)c(OC)c1Br. The topological polar surface area (TPSA) is 44.2 Å². The molecule has 0 bridgehead atoms. The van der Waals surface area contributed by atoms with E-state index in [2.05, 4.69) is 26.1 Å². The van der Waals surface area contributed by atoms with E-state index >= 15 is 0 Å². The average Bonchev–Trinajstić information content (AvgIpc) is 2.39. The van der Waals surface area contributed by atoms with Gasteiger partial charge >= 0.3 is 0 Å². The molecule has 0 saturated carbocycles. The molecule has 0 unspecified atom stereocenters. The molecule has 6 heteroatoms. The van der Waals surface area contributed by atoms with Crippen molar-refractivity contribution < 1.29 is 9.47 Å². The summed E-state index contributed by atoms with van der Waals surface area (Å²) >= 11 is 9.16. The summed E-state index contributed by atoms with van der Waals surface area (Å²) in [6.07, 6.45) is 0. The summed E-state index contributed by atoms with van der Waals surface area (Å²) in [5, 5.41) is 8.20. The molecule has 1 aromatic heterocycles. The zero-order valence-electron chi connectivity index (χ0n) is 9.78. The van der Waals surface area contributed by atoms with Crippen molar-refractivity contribution in [2.75, 3.05) is 14.2 Å². The minimum absolute atomic E-state index is 0.352. The van der Waals surface area contributed by atoms with Crippen LogP contribution in [0.2, 0.25) is 5.15 Å². The number of hydrogen-bond acceptors (Lipinski definition) is 4. The quantitative estimate of drug-likeness (QED) is 0.863. The van der Waals surface area contributed by atoms with Gasteiger partial charge in [-0.3, -0.25) is 0 Å². The molecule has 0 spiro atoms. The van der Waals surface area contributed by atoms with Crippen molar-refractivity contribution in [3.8, 4) is 22.8 Å². The molecular formula is C12H10BrClN2O2. The summed E-state index contributed by atoms with van der Waals surface area (Å²) in [7, 11) is 3.19. The highest BCUT2D eigenvalue weighted by Gasteiger charge is 2.15. The molecule has 4 nitrogen and oxygen atoms in total. The van der Waals surface area contributed by atoms with E-state index in [0.717, 1.165) is 10.0 Å². The summed E-state index contributed by atoms with van der Waals surface area (Å²) in [6, 6.07) is 7.16. The molecule has 1 heterocycles. The standard InChI is InChI=1S/C12H10BrClN2O2/c1-17-9-5-3-7(12(18-2)11(9)13)8-4-6-10(14)16-15-8/h3-6H,1-2H3. The van der Waals surface area contributed by atoms with Crippen molar-refractivity contribution in [2.45, 2.75) is 0 Å². The van der Waals surface area contributed by atoms with Gasteiger partial charge in [0.1, 0.15) is 16.0 Å². The molecule has 2 rings (SSSR count). The highest BCUT2D eigenvalue weighted by Crippen LogP contribution is 2.41. The van der Waals surface area contributed by atoms with E-state index in [4.69, 9.17) is 21.1 Å². The Balaban J connectivity index is 2.57. The highest BCUT2D eigenvalue weighted by molar-refractivity contribution is 9.10. The maximum Gasteiger partial charge on any atom is 0.151 e. The number of halogens is 2. The van der Waals surface area contributed by atoms with Gasteiger partial charge in [0, 0.05) is 5.56 Å². The number of aromatic nitrogens is 2. The van der Waals surface area contributed by atoms with Crippen molar-refractivity contribution in [3.63, 3.8) is 0 Å². The van der Waals surface area contributed by atoms with Gasteiger partial charge in [-0.25, -0.2) is 0 Å². The van der Waals surface area contributed by atoms with Crippen LogP contribution in [0.4, 0.5) is 0 Å². The maximum absolute atomic E-state index is 5.72. The van der Waals surface area contributed by atoms with E-state index in [0.29, 0.717) is 22.3 Å². The Hall–Kier alpha value is -1.33. The van der Waals surface area contributed by atoms with E-state index in [9.17, 15) is 0 Å². The Morgan fingerprint density at radius 1 is 1.06 bits per heavy atom. The van der Waals surface area contributed by atoms with Gasteiger partial charge < -0.3 is 9.47 Å². The Bertz CT molecular complexity index is 561. The predicted octanol–water partition coefficient (Wildman–Crippen LogP) is 3.58. The molecule has 0 radical (unpaired) electrons. The zero-order chi connectivity index (χ0) is 13.1. The third-order valence-electron chi connectivity index (χ3n) is 2.39. The van der Waals surface area contributed by atoms with Gasteiger partial charge in [-0.15, -0.1) is 10.2 Å². The van der Waals surface area contributed by atoms with Gasteiger partial charge in [-0.1, -0.05) is 11.6 Å². The predicted molar refractivity (Wildman–Crippen MR) is 73.3 cm³/mol. The Labute approximate surface area is 118 Å². The Morgan fingerprint density at radius 2 is 1.83 bits per heavy atom. The van der Waals surface area contributed by atoms with E-state index in [1.165, 1.54) is 0 Å². The first-order valence-corrected chi connectivity index (χ1v) is 6.24. The van der Waals surface area contributed by atoms with Gasteiger partial charge in [0.05, 0.1) is 19.9 Å². The smallest absolute Gasteiger partial charge is 0.151 e. The van der Waals surface area contributed by atoms with E-state index in [1.54, 1.807) is 26.4 Å². The first kappa shape index (κ1) is 13.1. The number of methoxy groups -OCH3 is 2. The van der Waals surface area contributed by atoms with Gasteiger partial charge in [-0.05, 0) is 40.2 Å². The van der Waals surface area contributed by atoms with Crippen LogP contribution < -0.4 is 9.47 Å². The second-order valence-electron chi connectivity index (χ2n) is 3.40. The van der Waals surface area contributed by atoms with E-state index < -0.39 is 0 Å². The number of ether oxygens (including phenoxy) is 2. The molecule has 0 saturated heterocycles. The third kappa shape index (κ3) is 2.42. The van der Waals surface area contributed by atoms with Crippen molar-refractivity contribution in [3.05, 3.63) is 33.9 Å². The fraction of sp³-hybridized carbons (Fsp3) is 0.167. The zero-order valence-corrected chi connectivity index (χ0v) is 12.1. The van der Waals surface area contributed by atoms with Crippen molar-refractivity contribution in [2.24, 2.45) is 0 Å². The summed E-state index contributed by atoms with van der Waals surface area (Å²) in [4.78, 5) is 0. The lowest BCUT2D eigenvalue weighted by atomic mass is 10.1. The molecule has 0 amide bonds. The fourth-order valence-electron chi connectivity index (χ4n) is 1.56. The van der Waals surface area contributed by atoms with E-state index in [1.807, 2.05) is 12.1 Å². The lowest BCUT2D eigenvalue weighted by molar-refractivity contribution is 0.390. The molecule has 0 fully saturated rings. The van der Waals surface area contributed by atoms with Gasteiger partial charge in [-0.2, -0.15) is 0 Å².